The van der Waals surface area contributed by atoms with Crippen molar-refractivity contribution in [1.82, 2.24) is 10.0 Å². The van der Waals surface area contributed by atoms with E-state index in [4.69, 9.17) is 9.47 Å². The normalized spacial score (nSPS) is 11.3. The Kier molecular flexibility index (Phi) is 9.29. The number of methoxy groups -OCH3 is 1. The second kappa shape index (κ2) is 11.7. The highest BCUT2D eigenvalue weighted by molar-refractivity contribution is 7.89. The van der Waals surface area contributed by atoms with Crippen LogP contribution in [-0.2, 0) is 26.1 Å². The van der Waals surface area contributed by atoms with Crippen molar-refractivity contribution in [3.05, 3.63) is 59.2 Å². The predicted molar refractivity (Wildman–Crippen MR) is 116 cm³/mol. The molecule has 0 bridgehead atoms. The summed E-state index contributed by atoms with van der Waals surface area (Å²) < 4.78 is 37.4. The van der Waals surface area contributed by atoms with Gasteiger partial charge in [0.1, 0.15) is 5.75 Å². The van der Waals surface area contributed by atoms with E-state index in [9.17, 15) is 13.2 Å². The van der Waals surface area contributed by atoms with Gasteiger partial charge in [-0.05, 0) is 49.1 Å². The molecule has 0 radical (unpaired) electrons. The monoisotopic (exact) mass is 434 g/mol. The van der Waals surface area contributed by atoms with Gasteiger partial charge in [-0.1, -0.05) is 30.3 Å². The quantitative estimate of drug-likeness (QED) is 0.501. The van der Waals surface area contributed by atoms with Gasteiger partial charge in [-0.15, -0.1) is 0 Å². The number of nitrogens with one attached hydrogen (secondary N) is 2. The molecule has 7 nitrogen and oxygen atoms in total. The lowest BCUT2D eigenvalue weighted by Gasteiger charge is -2.12. The first kappa shape index (κ1) is 23.9. The lowest BCUT2D eigenvalue weighted by molar-refractivity contribution is -0.121. The number of rotatable bonds is 12. The van der Waals surface area contributed by atoms with Crippen LogP contribution in [0.2, 0.25) is 0 Å². The predicted octanol–water partition coefficient (Wildman–Crippen LogP) is 2.70. The Morgan fingerprint density at radius 3 is 2.30 bits per heavy atom. The molecule has 0 aromatic heterocycles. The second-order valence-corrected chi connectivity index (χ2v) is 8.75. The van der Waals surface area contributed by atoms with Crippen LogP contribution in [0.1, 0.15) is 29.5 Å². The molecular formula is C22H30N2O5S. The van der Waals surface area contributed by atoms with Gasteiger partial charge >= 0.3 is 0 Å². The Morgan fingerprint density at radius 1 is 1.00 bits per heavy atom. The summed E-state index contributed by atoms with van der Waals surface area (Å²) in [6.45, 7) is 5.33. The Labute approximate surface area is 178 Å². The van der Waals surface area contributed by atoms with E-state index < -0.39 is 10.0 Å². The molecule has 2 N–H and O–H groups in total. The molecule has 2 rings (SSSR count). The minimum absolute atomic E-state index is 0.0713. The summed E-state index contributed by atoms with van der Waals surface area (Å²) in [5.41, 5.74) is 2.99. The van der Waals surface area contributed by atoms with E-state index in [2.05, 4.69) is 10.0 Å². The lowest BCUT2D eigenvalue weighted by atomic mass is 10.1. The molecule has 0 saturated heterocycles. The fraction of sp³-hybridized carbons (Fsp3) is 0.409. The van der Waals surface area contributed by atoms with E-state index in [-0.39, 0.29) is 17.3 Å². The van der Waals surface area contributed by atoms with E-state index in [1.807, 2.05) is 32.0 Å². The van der Waals surface area contributed by atoms with Crippen molar-refractivity contribution in [2.75, 3.05) is 26.9 Å². The largest absolute Gasteiger partial charge is 0.493 e. The van der Waals surface area contributed by atoms with Crippen LogP contribution in [-0.4, -0.2) is 41.2 Å². The lowest BCUT2D eigenvalue weighted by Crippen LogP contribution is -2.27. The number of hydrogen-bond donors (Lipinski definition) is 2. The Hall–Kier alpha value is -2.42. The molecular weight excluding hydrogens is 404 g/mol. The van der Waals surface area contributed by atoms with Gasteiger partial charge in [0.2, 0.25) is 15.9 Å². The molecule has 0 spiro atoms. The van der Waals surface area contributed by atoms with Crippen LogP contribution in [0.15, 0.2) is 47.4 Å². The first-order valence-corrected chi connectivity index (χ1v) is 11.3. The number of para-hydroxylation sites is 1. The molecule has 0 aliphatic carbocycles. The smallest absolute Gasteiger partial charge is 0.240 e. The minimum atomic E-state index is -3.56. The molecule has 0 fully saturated rings. The molecule has 0 aliphatic rings. The summed E-state index contributed by atoms with van der Waals surface area (Å²) in [6.07, 6.45) is 0.977. The average molecular weight is 435 g/mol. The molecule has 0 heterocycles. The molecule has 0 saturated carbocycles. The Bertz CT molecular complexity index is 907. The maximum absolute atomic E-state index is 12.1. The van der Waals surface area contributed by atoms with E-state index in [0.717, 1.165) is 22.4 Å². The van der Waals surface area contributed by atoms with Crippen LogP contribution in [0, 0.1) is 13.8 Å². The Balaban J connectivity index is 1.73. The van der Waals surface area contributed by atoms with Crippen LogP contribution in [0.4, 0.5) is 0 Å². The Morgan fingerprint density at radius 2 is 1.67 bits per heavy atom. The SMILES string of the molecule is COCCNS(=O)(=O)c1ccc(CNC(=O)CCCOc2c(C)cccc2C)cc1. The molecule has 2 aromatic rings. The molecule has 2 aromatic carbocycles. The molecule has 0 unspecified atom stereocenters. The summed E-state index contributed by atoms with van der Waals surface area (Å²) in [4.78, 5) is 12.2. The average Bonchev–Trinajstić information content (AvgIpc) is 2.72. The fourth-order valence-corrected chi connectivity index (χ4v) is 3.88. The number of hydrogen-bond acceptors (Lipinski definition) is 5. The number of carbonyl (C=O) groups excluding carboxylic acids is 1. The van der Waals surface area contributed by atoms with Gasteiger partial charge in [0.05, 0.1) is 18.1 Å². The van der Waals surface area contributed by atoms with Crippen molar-refractivity contribution in [2.24, 2.45) is 0 Å². The van der Waals surface area contributed by atoms with Gasteiger partial charge in [-0.2, -0.15) is 0 Å². The number of sulfonamides is 1. The van der Waals surface area contributed by atoms with Crippen molar-refractivity contribution in [2.45, 2.75) is 38.1 Å². The number of aryl methyl sites for hydroxylation is 2. The van der Waals surface area contributed by atoms with Crippen LogP contribution in [0.3, 0.4) is 0 Å². The topological polar surface area (TPSA) is 93.7 Å². The summed E-state index contributed by atoms with van der Waals surface area (Å²) in [6, 6.07) is 12.4. The maximum atomic E-state index is 12.1. The zero-order chi connectivity index (χ0) is 22.0. The van der Waals surface area contributed by atoms with E-state index in [1.54, 1.807) is 12.1 Å². The van der Waals surface area contributed by atoms with Crippen LogP contribution in [0.5, 0.6) is 5.75 Å². The fourth-order valence-electron chi connectivity index (χ4n) is 2.87. The number of carbonyl (C=O) groups is 1. The summed E-state index contributed by atoms with van der Waals surface area (Å²) in [5.74, 6) is 0.808. The van der Waals surface area contributed by atoms with Gasteiger partial charge < -0.3 is 14.8 Å². The van der Waals surface area contributed by atoms with Gasteiger partial charge in [-0.3, -0.25) is 4.79 Å². The van der Waals surface area contributed by atoms with Crippen LogP contribution in [0.25, 0.3) is 0 Å². The summed E-state index contributed by atoms with van der Waals surface area (Å²) >= 11 is 0. The van der Waals surface area contributed by atoms with Crippen molar-refractivity contribution in [3.8, 4) is 5.75 Å². The highest BCUT2D eigenvalue weighted by Crippen LogP contribution is 2.22. The summed E-state index contributed by atoms with van der Waals surface area (Å²) in [7, 11) is -2.05. The zero-order valence-electron chi connectivity index (χ0n) is 17.7. The number of benzene rings is 2. The molecule has 164 valence electrons. The molecule has 0 aliphatic heterocycles. The minimum Gasteiger partial charge on any atom is -0.493 e. The molecule has 30 heavy (non-hydrogen) atoms. The first-order valence-electron chi connectivity index (χ1n) is 9.87. The highest BCUT2D eigenvalue weighted by atomic mass is 32.2. The molecule has 8 heteroatoms. The van der Waals surface area contributed by atoms with Crippen molar-refractivity contribution >= 4 is 15.9 Å². The van der Waals surface area contributed by atoms with E-state index >= 15 is 0 Å². The van der Waals surface area contributed by atoms with Crippen LogP contribution < -0.4 is 14.8 Å². The van der Waals surface area contributed by atoms with Gasteiger partial charge in [0.25, 0.3) is 0 Å². The van der Waals surface area contributed by atoms with Gasteiger partial charge in [0.15, 0.2) is 0 Å². The van der Waals surface area contributed by atoms with Crippen LogP contribution >= 0.6 is 0 Å². The van der Waals surface area contributed by atoms with E-state index in [0.29, 0.717) is 32.6 Å². The standard InChI is InChI=1S/C22H30N2O5S/c1-17-6-4-7-18(2)22(17)29-14-5-8-21(25)23-16-19-9-11-20(12-10-19)30(26,27)24-13-15-28-3/h4,6-7,9-12,24H,5,8,13-16H2,1-3H3,(H,23,25). The van der Waals surface area contributed by atoms with Gasteiger partial charge in [0, 0.05) is 26.6 Å². The van der Waals surface area contributed by atoms with Crippen molar-refractivity contribution in [1.29, 1.82) is 0 Å². The summed E-state index contributed by atoms with van der Waals surface area (Å²) in [5, 5.41) is 2.84. The second-order valence-electron chi connectivity index (χ2n) is 6.98. The highest BCUT2D eigenvalue weighted by Gasteiger charge is 2.13. The first-order chi connectivity index (χ1) is 14.3. The zero-order valence-corrected chi connectivity index (χ0v) is 18.6. The third-order valence-electron chi connectivity index (χ3n) is 4.52. The molecule has 0 atom stereocenters. The molecule has 1 amide bonds. The third kappa shape index (κ3) is 7.44. The number of amides is 1. The third-order valence-corrected chi connectivity index (χ3v) is 6.00. The maximum Gasteiger partial charge on any atom is 0.240 e. The van der Waals surface area contributed by atoms with Crippen molar-refractivity contribution < 1.29 is 22.7 Å². The van der Waals surface area contributed by atoms with E-state index in [1.165, 1.54) is 19.2 Å². The van der Waals surface area contributed by atoms with Crippen molar-refractivity contribution in [3.63, 3.8) is 0 Å². The number of ether oxygens (including phenoxy) is 2. The van der Waals surface area contributed by atoms with Gasteiger partial charge in [-0.25, -0.2) is 13.1 Å².